The Morgan fingerprint density at radius 3 is 2.50 bits per heavy atom. The number of hydrogen-bond acceptors (Lipinski definition) is 5. The molecule has 0 aliphatic carbocycles. The van der Waals surface area contributed by atoms with Crippen LogP contribution in [-0.2, 0) is 10.0 Å². The van der Waals surface area contributed by atoms with E-state index in [1.807, 2.05) is 18.8 Å². The number of aromatic nitrogens is 2. The van der Waals surface area contributed by atoms with Crippen molar-refractivity contribution in [1.29, 1.82) is 0 Å². The van der Waals surface area contributed by atoms with Gasteiger partial charge in [-0.25, -0.2) is 17.9 Å². The van der Waals surface area contributed by atoms with E-state index in [0.717, 1.165) is 6.20 Å². The standard InChI is InChI=1S/C11H19N3O5S/c1-7(2)4-11(3,17)6-13-20(18,19)8-5-12-10(16)14-9(8)15/h5,7,13,17H,4,6H2,1-3H3,(H2,12,14,15,16). The predicted octanol–water partition coefficient (Wildman–Crippen LogP) is -0.861. The fraction of sp³-hybridized carbons (Fsp3) is 0.636. The number of nitrogens with one attached hydrogen (secondary N) is 3. The van der Waals surface area contributed by atoms with Crippen molar-refractivity contribution >= 4 is 10.0 Å². The third-order valence-corrected chi connectivity index (χ3v) is 3.97. The maximum atomic E-state index is 11.9. The Morgan fingerprint density at radius 1 is 1.40 bits per heavy atom. The fourth-order valence-electron chi connectivity index (χ4n) is 1.88. The Kier molecular flexibility index (Phi) is 4.90. The van der Waals surface area contributed by atoms with E-state index in [0.29, 0.717) is 6.42 Å². The minimum atomic E-state index is -4.10. The third-order valence-electron chi connectivity index (χ3n) is 2.57. The van der Waals surface area contributed by atoms with Crippen LogP contribution in [0.5, 0.6) is 0 Å². The summed E-state index contributed by atoms with van der Waals surface area (Å²) in [6, 6.07) is 0. The smallest absolute Gasteiger partial charge is 0.325 e. The molecular weight excluding hydrogens is 286 g/mol. The Morgan fingerprint density at radius 2 is 2.00 bits per heavy atom. The quantitative estimate of drug-likeness (QED) is 0.543. The summed E-state index contributed by atoms with van der Waals surface area (Å²) in [5.41, 5.74) is -3.03. The van der Waals surface area contributed by atoms with Gasteiger partial charge in [-0.2, -0.15) is 0 Å². The molecule has 0 radical (unpaired) electrons. The highest BCUT2D eigenvalue weighted by Gasteiger charge is 2.26. The van der Waals surface area contributed by atoms with Crippen LogP contribution in [0, 0.1) is 5.92 Å². The fourth-order valence-corrected chi connectivity index (χ4v) is 3.04. The van der Waals surface area contributed by atoms with Gasteiger partial charge in [-0.1, -0.05) is 13.8 Å². The molecule has 0 fully saturated rings. The van der Waals surface area contributed by atoms with Gasteiger partial charge < -0.3 is 10.1 Å². The molecule has 1 aromatic rings. The van der Waals surface area contributed by atoms with Crippen molar-refractivity contribution in [3.63, 3.8) is 0 Å². The molecule has 0 aromatic carbocycles. The van der Waals surface area contributed by atoms with E-state index in [2.05, 4.69) is 9.71 Å². The van der Waals surface area contributed by atoms with Gasteiger partial charge in [0.25, 0.3) is 5.56 Å². The first-order chi connectivity index (χ1) is 9.03. The van der Waals surface area contributed by atoms with Crippen molar-refractivity contribution in [2.75, 3.05) is 6.54 Å². The molecule has 0 amide bonds. The van der Waals surface area contributed by atoms with Crippen molar-refractivity contribution < 1.29 is 13.5 Å². The molecule has 1 unspecified atom stereocenters. The normalized spacial score (nSPS) is 15.2. The van der Waals surface area contributed by atoms with Gasteiger partial charge in [0.15, 0.2) is 4.90 Å². The lowest BCUT2D eigenvalue weighted by Gasteiger charge is -2.25. The molecule has 0 saturated carbocycles. The van der Waals surface area contributed by atoms with Gasteiger partial charge in [-0.3, -0.25) is 9.78 Å². The van der Waals surface area contributed by atoms with Crippen molar-refractivity contribution in [1.82, 2.24) is 14.7 Å². The first-order valence-corrected chi connectivity index (χ1v) is 7.56. The van der Waals surface area contributed by atoms with Crippen LogP contribution in [0.25, 0.3) is 0 Å². The highest BCUT2D eigenvalue weighted by atomic mass is 32.2. The molecule has 0 aliphatic heterocycles. The number of rotatable bonds is 6. The van der Waals surface area contributed by atoms with E-state index in [9.17, 15) is 23.1 Å². The molecule has 8 nitrogen and oxygen atoms in total. The first kappa shape index (κ1) is 16.6. The summed E-state index contributed by atoms with van der Waals surface area (Å²) in [4.78, 5) is 25.6. The van der Waals surface area contributed by atoms with E-state index < -0.39 is 31.8 Å². The zero-order chi connectivity index (χ0) is 15.6. The largest absolute Gasteiger partial charge is 0.389 e. The zero-order valence-corrected chi connectivity index (χ0v) is 12.4. The number of aromatic amines is 2. The van der Waals surface area contributed by atoms with Crippen LogP contribution < -0.4 is 16.0 Å². The number of aliphatic hydroxyl groups is 1. The second-order valence-corrected chi connectivity index (χ2v) is 7.09. The molecule has 1 rings (SSSR count). The molecule has 4 N–H and O–H groups in total. The summed E-state index contributed by atoms with van der Waals surface area (Å²) in [7, 11) is -4.10. The molecule has 1 aromatic heterocycles. The molecule has 1 heterocycles. The van der Waals surface area contributed by atoms with E-state index in [-0.39, 0.29) is 12.5 Å². The second kappa shape index (κ2) is 5.90. The summed E-state index contributed by atoms with van der Waals surface area (Å²) in [6.45, 7) is 5.07. The maximum absolute atomic E-state index is 11.9. The third kappa shape index (κ3) is 4.58. The lowest BCUT2D eigenvalue weighted by Crippen LogP contribution is -2.43. The summed E-state index contributed by atoms with van der Waals surface area (Å²) in [5.74, 6) is 0.186. The van der Waals surface area contributed by atoms with Gasteiger partial charge in [-0.15, -0.1) is 0 Å². The predicted molar refractivity (Wildman–Crippen MR) is 73.0 cm³/mol. The highest BCUT2D eigenvalue weighted by molar-refractivity contribution is 7.89. The van der Waals surface area contributed by atoms with Crippen LogP contribution in [0.15, 0.2) is 20.7 Å². The second-order valence-electron chi connectivity index (χ2n) is 5.36. The summed E-state index contributed by atoms with van der Waals surface area (Å²) >= 11 is 0. The molecule has 1 atom stereocenters. The Bertz CT molecular complexity index is 672. The SMILES string of the molecule is CC(C)CC(C)(O)CNS(=O)(=O)c1c[nH]c(=O)[nH]c1=O. The molecule has 114 valence electrons. The van der Waals surface area contributed by atoms with Crippen LogP contribution in [-0.4, -0.2) is 35.6 Å². The van der Waals surface area contributed by atoms with E-state index in [4.69, 9.17) is 0 Å². The molecular formula is C11H19N3O5S. The molecule has 0 aliphatic rings. The van der Waals surface area contributed by atoms with Crippen LogP contribution in [0.4, 0.5) is 0 Å². The summed E-state index contributed by atoms with van der Waals surface area (Å²) in [5, 5.41) is 10.0. The van der Waals surface area contributed by atoms with Crippen LogP contribution in [0.1, 0.15) is 27.2 Å². The Balaban J connectivity index is 2.91. The zero-order valence-electron chi connectivity index (χ0n) is 11.6. The van der Waals surface area contributed by atoms with E-state index in [1.165, 1.54) is 6.92 Å². The Labute approximate surface area is 116 Å². The van der Waals surface area contributed by atoms with Crippen LogP contribution in [0.2, 0.25) is 0 Å². The lowest BCUT2D eigenvalue weighted by atomic mass is 9.95. The van der Waals surface area contributed by atoms with Crippen molar-refractivity contribution in [3.05, 3.63) is 27.0 Å². The Hall–Kier alpha value is -1.45. The van der Waals surface area contributed by atoms with Gasteiger partial charge >= 0.3 is 5.69 Å². The highest BCUT2D eigenvalue weighted by Crippen LogP contribution is 2.15. The molecule has 9 heteroatoms. The van der Waals surface area contributed by atoms with Crippen LogP contribution in [0.3, 0.4) is 0 Å². The number of sulfonamides is 1. The minimum absolute atomic E-state index is 0.186. The molecule has 0 bridgehead atoms. The topological polar surface area (TPSA) is 132 Å². The average Bonchev–Trinajstić information content (AvgIpc) is 2.24. The minimum Gasteiger partial charge on any atom is -0.389 e. The molecule has 0 saturated heterocycles. The average molecular weight is 305 g/mol. The van der Waals surface area contributed by atoms with Gasteiger partial charge in [0.1, 0.15) is 0 Å². The first-order valence-electron chi connectivity index (χ1n) is 6.07. The number of H-pyrrole nitrogens is 2. The maximum Gasteiger partial charge on any atom is 0.325 e. The van der Waals surface area contributed by atoms with Gasteiger partial charge in [0.2, 0.25) is 10.0 Å². The summed E-state index contributed by atoms with van der Waals surface area (Å²) in [6.07, 6.45) is 1.22. The van der Waals surface area contributed by atoms with E-state index in [1.54, 1.807) is 0 Å². The van der Waals surface area contributed by atoms with Gasteiger partial charge in [0, 0.05) is 12.7 Å². The molecule has 0 spiro atoms. The summed E-state index contributed by atoms with van der Waals surface area (Å²) < 4.78 is 26.0. The van der Waals surface area contributed by atoms with Crippen LogP contribution >= 0.6 is 0 Å². The number of hydrogen-bond donors (Lipinski definition) is 4. The van der Waals surface area contributed by atoms with Gasteiger partial charge in [0.05, 0.1) is 5.60 Å². The van der Waals surface area contributed by atoms with E-state index >= 15 is 0 Å². The van der Waals surface area contributed by atoms with Gasteiger partial charge in [-0.05, 0) is 19.3 Å². The molecule has 20 heavy (non-hydrogen) atoms. The monoisotopic (exact) mass is 305 g/mol. The van der Waals surface area contributed by atoms with Crippen molar-refractivity contribution in [3.8, 4) is 0 Å². The lowest BCUT2D eigenvalue weighted by molar-refractivity contribution is 0.0436. The van der Waals surface area contributed by atoms with Crippen molar-refractivity contribution in [2.45, 2.75) is 37.7 Å². The van der Waals surface area contributed by atoms with Crippen molar-refractivity contribution in [2.24, 2.45) is 5.92 Å².